The Labute approximate surface area is 72.2 Å². The number of alkyl halides is 1. The number of hydrogen-bond donors (Lipinski definition) is 0. The fraction of sp³-hybridized carbons (Fsp3) is 0.143. The topological polar surface area (TPSA) is 30.2 Å². The van der Waals surface area contributed by atoms with E-state index in [1.807, 2.05) is 18.3 Å². The highest BCUT2D eigenvalue weighted by atomic mass is 79.9. The van der Waals surface area contributed by atoms with Crippen LogP contribution in [0.1, 0.15) is 5.56 Å². The number of rotatable bonds is 1. The standard InChI is InChI=1S/C7H6BrN3/c8-3-6-1-2-7-9-5-10-11(7)4-6/h1-2,4-5H,3H2. The SMILES string of the molecule is BrCc1ccc2ncnn2c1. The van der Waals surface area contributed by atoms with Crippen molar-refractivity contribution in [3.63, 3.8) is 0 Å². The van der Waals surface area contributed by atoms with Gasteiger partial charge in [0, 0.05) is 11.5 Å². The van der Waals surface area contributed by atoms with Gasteiger partial charge in [-0.3, -0.25) is 0 Å². The molecule has 0 radical (unpaired) electrons. The van der Waals surface area contributed by atoms with E-state index in [9.17, 15) is 0 Å². The molecule has 0 atom stereocenters. The van der Waals surface area contributed by atoms with Crippen LogP contribution in [-0.4, -0.2) is 14.6 Å². The molecule has 0 saturated carbocycles. The van der Waals surface area contributed by atoms with Crippen molar-refractivity contribution in [2.75, 3.05) is 0 Å². The van der Waals surface area contributed by atoms with Gasteiger partial charge in [-0.1, -0.05) is 22.0 Å². The molecular formula is C7H6BrN3. The Morgan fingerprint density at radius 2 is 2.36 bits per heavy atom. The number of halogens is 1. The van der Waals surface area contributed by atoms with E-state index in [1.54, 1.807) is 10.8 Å². The molecule has 2 rings (SSSR count). The van der Waals surface area contributed by atoms with Crippen LogP contribution in [0.2, 0.25) is 0 Å². The van der Waals surface area contributed by atoms with Crippen molar-refractivity contribution in [1.82, 2.24) is 14.6 Å². The zero-order valence-corrected chi connectivity index (χ0v) is 7.32. The Morgan fingerprint density at radius 1 is 1.45 bits per heavy atom. The lowest BCUT2D eigenvalue weighted by molar-refractivity contribution is 0.950. The van der Waals surface area contributed by atoms with E-state index in [-0.39, 0.29) is 0 Å². The monoisotopic (exact) mass is 211 g/mol. The van der Waals surface area contributed by atoms with E-state index in [1.165, 1.54) is 5.56 Å². The van der Waals surface area contributed by atoms with E-state index < -0.39 is 0 Å². The molecule has 2 aromatic heterocycles. The quantitative estimate of drug-likeness (QED) is 0.672. The van der Waals surface area contributed by atoms with Crippen molar-refractivity contribution in [1.29, 1.82) is 0 Å². The summed E-state index contributed by atoms with van der Waals surface area (Å²) >= 11 is 3.37. The van der Waals surface area contributed by atoms with Gasteiger partial charge in [-0.2, -0.15) is 5.10 Å². The molecule has 0 aliphatic carbocycles. The highest BCUT2D eigenvalue weighted by Crippen LogP contribution is 2.06. The van der Waals surface area contributed by atoms with Crippen LogP contribution in [0.4, 0.5) is 0 Å². The van der Waals surface area contributed by atoms with Crippen molar-refractivity contribution in [3.8, 4) is 0 Å². The van der Waals surface area contributed by atoms with Gasteiger partial charge >= 0.3 is 0 Å². The Morgan fingerprint density at radius 3 is 3.18 bits per heavy atom. The molecule has 0 bridgehead atoms. The smallest absolute Gasteiger partial charge is 0.155 e. The third kappa shape index (κ3) is 1.14. The Hall–Kier alpha value is -0.900. The molecule has 0 saturated heterocycles. The molecule has 0 aliphatic rings. The Balaban J connectivity index is 2.67. The lowest BCUT2D eigenvalue weighted by Crippen LogP contribution is -1.88. The van der Waals surface area contributed by atoms with Crippen molar-refractivity contribution < 1.29 is 0 Å². The van der Waals surface area contributed by atoms with Gasteiger partial charge in [0.05, 0.1) is 0 Å². The Kier molecular flexibility index (Phi) is 1.62. The van der Waals surface area contributed by atoms with Gasteiger partial charge in [-0.25, -0.2) is 9.50 Å². The third-order valence-electron chi connectivity index (χ3n) is 1.49. The summed E-state index contributed by atoms with van der Waals surface area (Å²) < 4.78 is 1.76. The van der Waals surface area contributed by atoms with Crippen molar-refractivity contribution >= 4 is 21.6 Å². The molecule has 0 fully saturated rings. The molecule has 0 amide bonds. The minimum Gasteiger partial charge on any atom is -0.221 e. The molecule has 0 unspecified atom stereocenters. The molecule has 11 heavy (non-hydrogen) atoms. The van der Waals surface area contributed by atoms with Gasteiger partial charge < -0.3 is 0 Å². The second kappa shape index (κ2) is 2.62. The molecule has 0 aliphatic heterocycles. The van der Waals surface area contributed by atoms with Gasteiger partial charge in [0.2, 0.25) is 0 Å². The van der Waals surface area contributed by atoms with Gasteiger partial charge in [0.25, 0.3) is 0 Å². The molecule has 3 nitrogen and oxygen atoms in total. The van der Waals surface area contributed by atoms with Crippen LogP contribution in [0.25, 0.3) is 5.65 Å². The highest BCUT2D eigenvalue weighted by Gasteiger charge is 1.94. The maximum Gasteiger partial charge on any atom is 0.155 e. The molecule has 0 spiro atoms. The Bertz CT molecular complexity index is 368. The van der Waals surface area contributed by atoms with Crippen molar-refractivity contribution in [2.45, 2.75) is 5.33 Å². The zero-order valence-electron chi connectivity index (χ0n) is 5.74. The first kappa shape index (κ1) is 6.79. The largest absolute Gasteiger partial charge is 0.221 e. The van der Waals surface area contributed by atoms with Crippen LogP contribution in [-0.2, 0) is 5.33 Å². The summed E-state index contributed by atoms with van der Waals surface area (Å²) in [6, 6.07) is 3.97. The molecular weight excluding hydrogens is 206 g/mol. The van der Waals surface area contributed by atoms with Crippen LogP contribution in [0.3, 0.4) is 0 Å². The predicted octanol–water partition coefficient (Wildman–Crippen LogP) is 1.62. The average Bonchev–Trinajstić information content (AvgIpc) is 2.50. The summed E-state index contributed by atoms with van der Waals surface area (Å²) in [6.45, 7) is 0. The lowest BCUT2D eigenvalue weighted by Gasteiger charge is -1.94. The normalized spacial score (nSPS) is 10.6. The minimum absolute atomic E-state index is 0.850. The highest BCUT2D eigenvalue weighted by molar-refractivity contribution is 9.08. The zero-order chi connectivity index (χ0) is 7.68. The number of nitrogens with zero attached hydrogens (tertiary/aromatic N) is 3. The molecule has 0 aromatic carbocycles. The van der Waals surface area contributed by atoms with Gasteiger partial charge in [-0.15, -0.1) is 0 Å². The summed E-state index contributed by atoms with van der Waals surface area (Å²) in [5, 5.41) is 4.86. The first-order chi connectivity index (χ1) is 5.40. The third-order valence-corrected chi connectivity index (χ3v) is 2.14. The minimum atomic E-state index is 0.850. The fourth-order valence-corrected chi connectivity index (χ4v) is 1.27. The van der Waals surface area contributed by atoms with Crippen molar-refractivity contribution in [2.24, 2.45) is 0 Å². The van der Waals surface area contributed by atoms with Crippen molar-refractivity contribution in [3.05, 3.63) is 30.2 Å². The number of pyridine rings is 1. The second-order valence-corrected chi connectivity index (χ2v) is 2.79. The predicted molar refractivity (Wildman–Crippen MR) is 45.6 cm³/mol. The van der Waals surface area contributed by atoms with Gasteiger partial charge in [-0.05, 0) is 11.6 Å². The van der Waals surface area contributed by atoms with E-state index in [4.69, 9.17) is 0 Å². The molecule has 0 N–H and O–H groups in total. The summed E-state index contributed by atoms with van der Waals surface area (Å²) in [6.07, 6.45) is 3.50. The summed E-state index contributed by atoms with van der Waals surface area (Å²) in [5.74, 6) is 0. The fourth-order valence-electron chi connectivity index (χ4n) is 0.939. The van der Waals surface area contributed by atoms with Crippen LogP contribution in [0.5, 0.6) is 0 Å². The molecule has 4 heteroatoms. The van der Waals surface area contributed by atoms with Crippen LogP contribution in [0.15, 0.2) is 24.7 Å². The van der Waals surface area contributed by atoms with E-state index in [0.29, 0.717) is 0 Å². The molecule has 2 heterocycles. The average molecular weight is 212 g/mol. The number of aromatic nitrogens is 3. The number of fused-ring (bicyclic) bond motifs is 1. The van der Waals surface area contributed by atoms with Crippen LogP contribution in [0, 0.1) is 0 Å². The lowest BCUT2D eigenvalue weighted by atomic mass is 10.3. The first-order valence-corrected chi connectivity index (χ1v) is 4.36. The summed E-state index contributed by atoms with van der Waals surface area (Å²) in [7, 11) is 0. The first-order valence-electron chi connectivity index (χ1n) is 3.24. The number of hydrogen-bond acceptors (Lipinski definition) is 2. The van der Waals surface area contributed by atoms with E-state index in [2.05, 4.69) is 26.0 Å². The van der Waals surface area contributed by atoms with E-state index >= 15 is 0 Å². The maximum absolute atomic E-state index is 4.03. The summed E-state index contributed by atoms with van der Waals surface area (Å²) in [4.78, 5) is 4.03. The molecule has 56 valence electrons. The molecule has 2 aromatic rings. The van der Waals surface area contributed by atoms with Crippen LogP contribution >= 0.6 is 15.9 Å². The maximum atomic E-state index is 4.03. The van der Waals surface area contributed by atoms with Gasteiger partial charge in [0.1, 0.15) is 6.33 Å². The van der Waals surface area contributed by atoms with Gasteiger partial charge in [0.15, 0.2) is 5.65 Å². The van der Waals surface area contributed by atoms with E-state index in [0.717, 1.165) is 11.0 Å². The summed E-state index contributed by atoms with van der Waals surface area (Å²) in [5.41, 5.74) is 2.08. The second-order valence-electron chi connectivity index (χ2n) is 2.23. The van der Waals surface area contributed by atoms with Crippen LogP contribution < -0.4 is 0 Å².